The van der Waals surface area contributed by atoms with Crippen LogP contribution in [-0.2, 0) is 0 Å². The molecule has 0 radical (unpaired) electrons. The maximum atomic E-state index is 6.04. The van der Waals surface area contributed by atoms with Crippen LogP contribution < -0.4 is 0 Å². The van der Waals surface area contributed by atoms with Crippen molar-refractivity contribution in [2.75, 3.05) is 0 Å². The summed E-state index contributed by atoms with van der Waals surface area (Å²) < 4.78 is 5.92. The summed E-state index contributed by atoms with van der Waals surface area (Å²) in [5.74, 6) is 1.42. The van der Waals surface area contributed by atoms with E-state index in [0.717, 1.165) is 27.6 Å². The Bertz CT molecular complexity index is 540. The number of hydrogen-bond acceptors (Lipinski definition) is 2. The number of aromatic nitrogens is 1. The number of halogens is 1. The van der Waals surface area contributed by atoms with E-state index in [1.54, 1.807) is 0 Å². The number of aryl methyl sites for hydroxylation is 1. The standard InChI is InChI=1S/C14H16ClNO/c1-9-7-11(15)8-12-13(9)17-14(16-12)10-5-3-2-4-6-10/h7-8,10H,2-6H2,1H3. The van der Waals surface area contributed by atoms with Gasteiger partial charge in [0.1, 0.15) is 5.52 Å². The molecule has 0 atom stereocenters. The van der Waals surface area contributed by atoms with Gasteiger partial charge in [-0.1, -0.05) is 30.9 Å². The van der Waals surface area contributed by atoms with Crippen LogP contribution in [-0.4, -0.2) is 4.98 Å². The Kier molecular flexibility index (Phi) is 2.83. The Morgan fingerprint density at radius 2 is 2.00 bits per heavy atom. The van der Waals surface area contributed by atoms with Crippen molar-refractivity contribution in [2.45, 2.75) is 44.9 Å². The van der Waals surface area contributed by atoms with Crippen molar-refractivity contribution < 1.29 is 4.42 Å². The predicted molar refractivity (Wildman–Crippen MR) is 69.6 cm³/mol. The van der Waals surface area contributed by atoms with Gasteiger partial charge in [0.2, 0.25) is 0 Å². The first-order chi connectivity index (χ1) is 8.24. The number of rotatable bonds is 1. The largest absolute Gasteiger partial charge is 0.440 e. The lowest BCUT2D eigenvalue weighted by Crippen LogP contribution is -2.04. The van der Waals surface area contributed by atoms with Gasteiger partial charge in [0.15, 0.2) is 11.5 Å². The summed E-state index contributed by atoms with van der Waals surface area (Å²) >= 11 is 6.04. The van der Waals surface area contributed by atoms with E-state index in [1.165, 1.54) is 32.1 Å². The van der Waals surface area contributed by atoms with E-state index in [-0.39, 0.29) is 0 Å². The molecule has 2 nitrogen and oxygen atoms in total. The van der Waals surface area contributed by atoms with Crippen LogP contribution in [0.4, 0.5) is 0 Å². The van der Waals surface area contributed by atoms with Gasteiger partial charge in [-0.15, -0.1) is 0 Å². The molecule has 1 fully saturated rings. The molecule has 0 bridgehead atoms. The van der Waals surface area contributed by atoms with Crippen LogP contribution in [0.5, 0.6) is 0 Å². The minimum Gasteiger partial charge on any atom is -0.440 e. The summed E-state index contributed by atoms with van der Waals surface area (Å²) in [7, 11) is 0. The molecule has 1 heterocycles. The third-order valence-electron chi connectivity index (χ3n) is 3.61. The molecule has 2 aromatic rings. The second kappa shape index (κ2) is 4.34. The van der Waals surface area contributed by atoms with Crippen molar-refractivity contribution in [1.29, 1.82) is 0 Å². The third kappa shape index (κ3) is 2.06. The van der Waals surface area contributed by atoms with E-state index in [9.17, 15) is 0 Å². The molecule has 1 aromatic heterocycles. The quantitative estimate of drug-likeness (QED) is 0.723. The summed E-state index contributed by atoms with van der Waals surface area (Å²) in [5.41, 5.74) is 2.87. The zero-order chi connectivity index (χ0) is 11.8. The summed E-state index contributed by atoms with van der Waals surface area (Å²) in [6.45, 7) is 2.02. The number of nitrogens with zero attached hydrogens (tertiary/aromatic N) is 1. The fourth-order valence-electron chi connectivity index (χ4n) is 2.70. The molecule has 1 aliphatic rings. The highest BCUT2D eigenvalue weighted by Crippen LogP contribution is 2.34. The Hall–Kier alpha value is -1.02. The lowest BCUT2D eigenvalue weighted by Gasteiger charge is -2.17. The van der Waals surface area contributed by atoms with Gasteiger partial charge >= 0.3 is 0 Å². The molecule has 0 aliphatic heterocycles. The molecule has 1 aliphatic carbocycles. The van der Waals surface area contributed by atoms with Crippen LogP contribution in [0.1, 0.15) is 49.5 Å². The zero-order valence-electron chi connectivity index (χ0n) is 10.0. The Morgan fingerprint density at radius 3 is 2.76 bits per heavy atom. The van der Waals surface area contributed by atoms with E-state index in [4.69, 9.17) is 16.0 Å². The topological polar surface area (TPSA) is 26.0 Å². The highest BCUT2D eigenvalue weighted by Gasteiger charge is 2.21. The number of oxazole rings is 1. The van der Waals surface area contributed by atoms with Crippen LogP contribution in [0.25, 0.3) is 11.1 Å². The van der Waals surface area contributed by atoms with Gasteiger partial charge in [-0.25, -0.2) is 4.98 Å². The average Bonchev–Trinajstić information content (AvgIpc) is 2.74. The van der Waals surface area contributed by atoms with Gasteiger partial charge in [-0.05, 0) is 37.5 Å². The maximum absolute atomic E-state index is 6.04. The highest BCUT2D eigenvalue weighted by atomic mass is 35.5. The first-order valence-electron chi connectivity index (χ1n) is 6.30. The van der Waals surface area contributed by atoms with Crippen molar-refractivity contribution in [2.24, 2.45) is 0 Å². The maximum Gasteiger partial charge on any atom is 0.198 e. The lowest BCUT2D eigenvalue weighted by atomic mass is 9.89. The monoisotopic (exact) mass is 249 g/mol. The predicted octanol–water partition coefficient (Wildman–Crippen LogP) is 4.84. The number of hydrogen-bond donors (Lipinski definition) is 0. The Morgan fingerprint density at radius 1 is 1.24 bits per heavy atom. The molecule has 0 saturated heterocycles. The molecule has 3 heteroatoms. The number of benzene rings is 1. The summed E-state index contributed by atoms with van der Waals surface area (Å²) in [5, 5.41) is 0.735. The summed E-state index contributed by atoms with van der Waals surface area (Å²) in [4.78, 5) is 4.61. The first-order valence-corrected chi connectivity index (χ1v) is 6.68. The molecule has 17 heavy (non-hydrogen) atoms. The molecule has 0 unspecified atom stereocenters. The van der Waals surface area contributed by atoms with Gasteiger partial charge in [-0.2, -0.15) is 0 Å². The fraction of sp³-hybridized carbons (Fsp3) is 0.500. The molecule has 1 aromatic carbocycles. The minimum atomic E-state index is 0.509. The average molecular weight is 250 g/mol. The number of fused-ring (bicyclic) bond motifs is 1. The molecule has 0 N–H and O–H groups in total. The lowest BCUT2D eigenvalue weighted by molar-refractivity contribution is 0.373. The van der Waals surface area contributed by atoms with Gasteiger partial charge < -0.3 is 4.42 Å². The summed E-state index contributed by atoms with van der Waals surface area (Å²) in [6.07, 6.45) is 6.35. The SMILES string of the molecule is Cc1cc(Cl)cc2nc(C3CCCCC3)oc12. The third-order valence-corrected chi connectivity index (χ3v) is 3.83. The van der Waals surface area contributed by atoms with Crippen LogP contribution in [0.2, 0.25) is 5.02 Å². The molecule has 90 valence electrons. The molecule has 0 amide bonds. The Labute approximate surface area is 106 Å². The van der Waals surface area contributed by atoms with Gasteiger partial charge in [0, 0.05) is 10.9 Å². The van der Waals surface area contributed by atoms with Gasteiger partial charge in [0.05, 0.1) is 0 Å². The summed E-state index contributed by atoms with van der Waals surface area (Å²) in [6, 6.07) is 3.82. The van der Waals surface area contributed by atoms with Crippen molar-refractivity contribution in [3.63, 3.8) is 0 Å². The Balaban J connectivity index is 2.03. The second-order valence-corrected chi connectivity index (χ2v) is 5.39. The molecular weight excluding hydrogens is 234 g/mol. The van der Waals surface area contributed by atoms with Gasteiger partial charge in [-0.3, -0.25) is 0 Å². The molecular formula is C14H16ClNO. The molecule has 3 rings (SSSR count). The molecule has 0 spiro atoms. The van der Waals surface area contributed by atoms with Gasteiger partial charge in [0.25, 0.3) is 0 Å². The van der Waals surface area contributed by atoms with Crippen molar-refractivity contribution >= 4 is 22.7 Å². The van der Waals surface area contributed by atoms with Crippen molar-refractivity contribution in [1.82, 2.24) is 4.98 Å². The first kappa shape index (κ1) is 11.1. The smallest absolute Gasteiger partial charge is 0.198 e. The zero-order valence-corrected chi connectivity index (χ0v) is 10.8. The van der Waals surface area contributed by atoms with E-state index in [2.05, 4.69) is 4.98 Å². The second-order valence-electron chi connectivity index (χ2n) is 4.96. The van der Waals surface area contributed by atoms with Crippen LogP contribution in [0.3, 0.4) is 0 Å². The van der Waals surface area contributed by atoms with Crippen molar-refractivity contribution in [3.05, 3.63) is 28.6 Å². The minimum absolute atomic E-state index is 0.509. The normalized spacial score (nSPS) is 17.8. The fourth-order valence-corrected chi connectivity index (χ4v) is 2.97. The highest BCUT2D eigenvalue weighted by molar-refractivity contribution is 6.31. The van der Waals surface area contributed by atoms with Crippen molar-refractivity contribution in [3.8, 4) is 0 Å². The van der Waals surface area contributed by atoms with E-state index in [1.807, 2.05) is 19.1 Å². The molecule has 1 saturated carbocycles. The van der Waals surface area contributed by atoms with E-state index < -0.39 is 0 Å². The van der Waals surface area contributed by atoms with Crippen LogP contribution in [0, 0.1) is 6.92 Å². The van der Waals surface area contributed by atoms with Crippen LogP contribution >= 0.6 is 11.6 Å². The van der Waals surface area contributed by atoms with E-state index in [0.29, 0.717) is 5.92 Å². The van der Waals surface area contributed by atoms with E-state index >= 15 is 0 Å². The van der Waals surface area contributed by atoms with Crippen LogP contribution in [0.15, 0.2) is 16.5 Å².